The Balaban J connectivity index is 2.69. The van der Waals surface area contributed by atoms with Crippen molar-refractivity contribution in [3.8, 4) is 0 Å². The van der Waals surface area contributed by atoms with Gasteiger partial charge in [0.2, 0.25) is 0 Å². The Bertz CT molecular complexity index is 313. The first kappa shape index (κ1) is 11.7. The number of aliphatic carboxylic acids is 1. The molecule has 15 heavy (non-hydrogen) atoms. The molecule has 1 unspecified atom stereocenters. The average molecular weight is 209 g/mol. The van der Waals surface area contributed by atoms with Crippen LogP contribution in [0.2, 0.25) is 0 Å². The molecule has 0 aliphatic heterocycles. The van der Waals surface area contributed by atoms with E-state index in [1.165, 1.54) is 0 Å². The molecule has 1 aromatic rings. The van der Waals surface area contributed by atoms with Crippen LogP contribution in [0.3, 0.4) is 0 Å². The Labute approximate surface area is 88.6 Å². The van der Waals surface area contributed by atoms with Crippen molar-refractivity contribution in [1.29, 1.82) is 0 Å². The highest BCUT2D eigenvalue weighted by molar-refractivity contribution is 5.72. The van der Waals surface area contributed by atoms with E-state index in [9.17, 15) is 4.79 Å². The van der Waals surface area contributed by atoms with Gasteiger partial charge in [0.1, 0.15) is 6.04 Å². The van der Waals surface area contributed by atoms with Gasteiger partial charge in [0.05, 0.1) is 12.6 Å². The minimum absolute atomic E-state index is 0.123. The van der Waals surface area contributed by atoms with Crippen LogP contribution in [0.5, 0.6) is 0 Å². The molecule has 82 valence electrons. The molecule has 1 rings (SSSR count). The number of carboxylic acid groups (broad SMARTS) is 1. The van der Waals surface area contributed by atoms with Gasteiger partial charge in [-0.25, -0.2) is 0 Å². The number of carbonyl (C=O) groups is 1. The molecule has 2 atom stereocenters. The molecular weight excluding hydrogens is 194 g/mol. The molecule has 0 heterocycles. The normalized spacial score (nSPS) is 14.5. The van der Waals surface area contributed by atoms with E-state index in [2.05, 4.69) is 5.32 Å². The van der Waals surface area contributed by atoms with Crippen molar-refractivity contribution < 1.29 is 15.0 Å². The zero-order chi connectivity index (χ0) is 11.3. The maximum absolute atomic E-state index is 10.6. The highest BCUT2D eigenvalue weighted by Crippen LogP contribution is 2.12. The van der Waals surface area contributed by atoms with Crippen LogP contribution in [-0.4, -0.2) is 28.8 Å². The molecule has 0 spiro atoms. The van der Waals surface area contributed by atoms with Crippen molar-refractivity contribution in [2.24, 2.45) is 0 Å². The lowest BCUT2D eigenvalue weighted by Gasteiger charge is -2.19. The molecule has 0 saturated heterocycles. The van der Waals surface area contributed by atoms with Gasteiger partial charge in [0.25, 0.3) is 0 Å². The maximum atomic E-state index is 10.6. The molecule has 0 radical (unpaired) electrons. The number of aliphatic hydroxyl groups excluding tert-OH is 1. The zero-order valence-corrected chi connectivity index (χ0v) is 8.55. The first-order valence-corrected chi connectivity index (χ1v) is 4.79. The van der Waals surface area contributed by atoms with Crippen molar-refractivity contribution in [3.05, 3.63) is 35.9 Å². The largest absolute Gasteiger partial charge is 0.480 e. The Morgan fingerprint density at radius 1 is 1.40 bits per heavy atom. The van der Waals surface area contributed by atoms with Gasteiger partial charge in [-0.3, -0.25) is 10.1 Å². The number of aliphatic hydroxyl groups is 1. The molecule has 0 fully saturated rings. The van der Waals surface area contributed by atoms with Gasteiger partial charge >= 0.3 is 5.97 Å². The summed E-state index contributed by atoms with van der Waals surface area (Å²) in [7, 11) is 0. The Morgan fingerprint density at radius 3 is 2.47 bits per heavy atom. The van der Waals surface area contributed by atoms with Gasteiger partial charge < -0.3 is 10.2 Å². The van der Waals surface area contributed by atoms with Crippen LogP contribution >= 0.6 is 0 Å². The summed E-state index contributed by atoms with van der Waals surface area (Å²) in [5, 5.41) is 20.7. The van der Waals surface area contributed by atoms with E-state index < -0.39 is 12.0 Å². The van der Waals surface area contributed by atoms with Gasteiger partial charge in [-0.2, -0.15) is 0 Å². The first-order valence-electron chi connectivity index (χ1n) is 4.79. The second-order valence-corrected chi connectivity index (χ2v) is 3.37. The van der Waals surface area contributed by atoms with Crippen LogP contribution in [0.15, 0.2) is 30.3 Å². The van der Waals surface area contributed by atoms with Crippen LogP contribution in [0.25, 0.3) is 0 Å². The van der Waals surface area contributed by atoms with Crippen molar-refractivity contribution in [1.82, 2.24) is 5.32 Å². The fraction of sp³-hybridized carbons (Fsp3) is 0.364. The summed E-state index contributed by atoms with van der Waals surface area (Å²) in [5.74, 6) is -0.926. The van der Waals surface area contributed by atoms with Gasteiger partial charge in [0.15, 0.2) is 0 Å². The Kier molecular flexibility index (Phi) is 4.27. The third kappa shape index (κ3) is 3.34. The van der Waals surface area contributed by atoms with Crippen LogP contribution in [0, 0.1) is 0 Å². The smallest absolute Gasteiger partial charge is 0.320 e. The van der Waals surface area contributed by atoms with E-state index in [1.807, 2.05) is 30.3 Å². The summed E-state index contributed by atoms with van der Waals surface area (Å²) in [5.41, 5.74) is 0.883. The highest BCUT2D eigenvalue weighted by Gasteiger charge is 2.17. The van der Waals surface area contributed by atoms with Crippen molar-refractivity contribution in [2.75, 3.05) is 6.61 Å². The number of benzene rings is 1. The van der Waals surface area contributed by atoms with Crippen LogP contribution in [0.1, 0.15) is 18.5 Å². The van der Waals surface area contributed by atoms with Crippen LogP contribution in [-0.2, 0) is 4.79 Å². The topological polar surface area (TPSA) is 69.6 Å². The standard InChI is InChI=1S/C11H15NO3/c1-8(11(14)15)12-10(7-13)9-5-3-2-4-6-9/h2-6,8,10,12-13H,7H2,1H3,(H,14,15)/t8?,10-/m0/s1. The third-order valence-electron chi connectivity index (χ3n) is 2.21. The molecule has 4 heteroatoms. The summed E-state index contributed by atoms with van der Waals surface area (Å²) in [6.07, 6.45) is 0. The fourth-order valence-corrected chi connectivity index (χ4v) is 1.31. The average Bonchev–Trinajstić information content (AvgIpc) is 2.26. The number of hydrogen-bond acceptors (Lipinski definition) is 3. The maximum Gasteiger partial charge on any atom is 0.320 e. The Morgan fingerprint density at radius 2 is 2.00 bits per heavy atom. The van der Waals surface area contributed by atoms with E-state index in [4.69, 9.17) is 10.2 Å². The zero-order valence-electron chi connectivity index (χ0n) is 8.55. The second kappa shape index (κ2) is 5.48. The molecule has 0 amide bonds. The molecule has 4 nitrogen and oxygen atoms in total. The number of rotatable bonds is 5. The SMILES string of the molecule is CC(N[C@@H](CO)c1ccccc1)C(=O)O. The van der Waals surface area contributed by atoms with E-state index in [0.717, 1.165) is 5.56 Å². The summed E-state index contributed by atoms with van der Waals surface area (Å²) in [6, 6.07) is 8.26. The van der Waals surface area contributed by atoms with Gasteiger partial charge in [-0.1, -0.05) is 30.3 Å². The minimum Gasteiger partial charge on any atom is -0.480 e. The molecule has 1 aromatic carbocycles. The minimum atomic E-state index is -0.926. The lowest BCUT2D eigenvalue weighted by atomic mass is 10.1. The van der Waals surface area contributed by atoms with Gasteiger partial charge in [-0.05, 0) is 12.5 Å². The van der Waals surface area contributed by atoms with Crippen molar-refractivity contribution >= 4 is 5.97 Å². The molecule has 0 aliphatic rings. The molecule has 0 aliphatic carbocycles. The quantitative estimate of drug-likeness (QED) is 0.670. The highest BCUT2D eigenvalue weighted by atomic mass is 16.4. The molecule has 0 bridgehead atoms. The molecule has 0 saturated carbocycles. The first-order chi connectivity index (χ1) is 7.15. The summed E-state index contributed by atoms with van der Waals surface area (Å²) in [4.78, 5) is 10.6. The lowest BCUT2D eigenvalue weighted by molar-refractivity contribution is -0.139. The molecule has 0 aromatic heterocycles. The van der Waals surface area contributed by atoms with Crippen molar-refractivity contribution in [2.45, 2.75) is 19.0 Å². The van der Waals surface area contributed by atoms with E-state index in [1.54, 1.807) is 6.92 Å². The predicted octanol–water partition coefficient (Wildman–Crippen LogP) is 0.783. The number of hydrogen-bond donors (Lipinski definition) is 3. The summed E-state index contributed by atoms with van der Waals surface area (Å²) < 4.78 is 0. The second-order valence-electron chi connectivity index (χ2n) is 3.37. The van der Waals surface area contributed by atoms with E-state index >= 15 is 0 Å². The number of nitrogens with one attached hydrogen (secondary N) is 1. The van der Waals surface area contributed by atoms with E-state index in [0.29, 0.717) is 0 Å². The van der Waals surface area contributed by atoms with Crippen LogP contribution in [0.4, 0.5) is 0 Å². The number of carboxylic acids is 1. The fourth-order valence-electron chi connectivity index (χ4n) is 1.31. The van der Waals surface area contributed by atoms with Crippen molar-refractivity contribution in [3.63, 3.8) is 0 Å². The summed E-state index contributed by atoms with van der Waals surface area (Å²) >= 11 is 0. The van der Waals surface area contributed by atoms with Crippen LogP contribution < -0.4 is 5.32 Å². The summed E-state index contributed by atoms with van der Waals surface area (Å²) in [6.45, 7) is 1.43. The monoisotopic (exact) mass is 209 g/mol. The third-order valence-corrected chi connectivity index (χ3v) is 2.21. The lowest BCUT2D eigenvalue weighted by Crippen LogP contribution is -2.38. The molecular formula is C11H15NO3. The Hall–Kier alpha value is -1.39. The predicted molar refractivity (Wildman–Crippen MR) is 56.5 cm³/mol. The molecule has 3 N–H and O–H groups in total. The van der Waals surface area contributed by atoms with E-state index in [-0.39, 0.29) is 12.6 Å². The van der Waals surface area contributed by atoms with Gasteiger partial charge in [0, 0.05) is 0 Å². The van der Waals surface area contributed by atoms with Gasteiger partial charge in [-0.15, -0.1) is 0 Å².